The second-order valence-corrected chi connectivity index (χ2v) is 5.56. The minimum atomic E-state index is -0.196. The molecule has 2 rings (SSSR count). The highest BCUT2D eigenvalue weighted by Gasteiger charge is 2.34. The van der Waals surface area contributed by atoms with Gasteiger partial charge in [0.15, 0.2) is 0 Å². The Hall–Kier alpha value is -1.55. The van der Waals surface area contributed by atoms with Gasteiger partial charge in [-0.25, -0.2) is 0 Å². The maximum atomic E-state index is 12.4. The SMILES string of the molecule is CC(C)N1C(=O)C[C@H](C)N(C(=O)CCl)c2ccccc21. The Morgan fingerprint density at radius 1 is 1.35 bits per heavy atom. The van der Waals surface area contributed by atoms with E-state index in [1.807, 2.05) is 45.0 Å². The quantitative estimate of drug-likeness (QED) is 0.787. The predicted molar refractivity (Wildman–Crippen MR) is 81.3 cm³/mol. The van der Waals surface area contributed by atoms with Gasteiger partial charge in [-0.3, -0.25) is 9.59 Å². The van der Waals surface area contributed by atoms with Crippen molar-refractivity contribution in [2.45, 2.75) is 39.3 Å². The molecule has 0 saturated heterocycles. The van der Waals surface area contributed by atoms with Crippen molar-refractivity contribution < 1.29 is 9.59 Å². The lowest BCUT2D eigenvalue weighted by Gasteiger charge is -2.29. The van der Waals surface area contributed by atoms with Gasteiger partial charge in [-0.2, -0.15) is 0 Å². The minimum Gasteiger partial charge on any atom is -0.308 e. The van der Waals surface area contributed by atoms with E-state index in [0.717, 1.165) is 11.4 Å². The summed E-state index contributed by atoms with van der Waals surface area (Å²) in [6.07, 6.45) is 0.301. The monoisotopic (exact) mass is 294 g/mol. The normalized spacial score (nSPS) is 19.1. The number of carbonyl (C=O) groups excluding carboxylic acids is 2. The van der Waals surface area contributed by atoms with Crippen molar-refractivity contribution in [1.82, 2.24) is 0 Å². The van der Waals surface area contributed by atoms with Gasteiger partial charge in [0.05, 0.1) is 11.4 Å². The molecule has 1 aromatic carbocycles. The lowest BCUT2D eigenvalue weighted by Crippen LogP contribution is -2.40. The van der Waals surface area contributed by atoms with Crippen LogP contribution in [0.2, 0.25) is 0 Å². The molecule has 1 aliphatic rings. The van der Waals surface area contributed by atoms with Crippen LogP contribution in [0, 0.1) is 0 Å². The molecule has 0 aliphatic carbocycles. The summed E-state index contributed by atoms with van der Waals surface area (Å²) in [7, 11) is 0. The van der Waals surface area contributed by atoms with Crippen LogP contribution >= 0.6 is 11.6 Å². The zero-order valence-corrected chi connectivity index (χ0v) is 12.7. The zero-order chi connectivity index (χ0) is 14.9. The largest absolute Gasteiger partial charge is 0.308 e. The van der Waals surface area contributed by atoms with Gasteiger partial charge in [0, 0.05) is 18.5 Å². The first kappa shape index (κ1) is 14.9. The van der Waals surface area contributed by atoms with E-state index in [2.05, 4.69) is 0 Å². The van der Waals surface area contributed by atoms with Crippen LogP contribution in [0.15, 0.2) is 24.3 Å². The number of hydrogen-bond donors (Lipinski definition) is 0. The number of rotatable bonds is 2. The molecule has 20 heavy (non-hydrogen) atoms. The van der Waals surface area contributed by atoms with Crippen molar-refractivity contribution >= 4 is 34.8 Å². The first-order valence-corrected chi connectivity index (χ1v) is 7.30. The molecule has 4 nitrogen and oxygen atoms in total. The summed E-state index contributed by atoms with van der Waals surface area (Å²) in [6, 6.07) is 7.33. The van der Waals surface area contributed by atoms with Crippen LogP contribution in [-0.4, -0.2) is 29.8 Å². The Kier molecular flexibility index (Phi) is 4.33. The van der Waals surface area contributed by atoms with Gasteiger partial charge < -0.3 is 9.80 Å². The molecule has 1 aromatic rings. The molecular weight excluding hydrogens is 276 g/mol. The number of halogens is 1. The standard InChI is InChI=1S/C15H19ClN2O2/c1-10(2)17-12-6-4-5-7-13(12)18(15(20)9-16)11(3)8-14(17)19/h4-7,10-11H,8-9H2,1-3H3/t11-/m0/s1. The summed E-state index contributed by atoms with van der Waals surface area (Å²) in [6.45, 7) is 5.82. The second-order valence-electron chi connectivity index (χ2n) is 5.30. The summed E-state index contributed by atoms with van der Waals surface area (Å²) < 4.78 is 0. The number of benzene rings is 1. The molecule has 2 amide bonds. The topological polar surface area (TPSA) is 40.6 Å². The van der Waals surface area contributed by atoms with E-state index in [4.69, 9.17) is 11.6 Å². The average Bonchev–Trinajstić information content (AvgIpc) is 2.50. The molecule has 0 saturated carbocycles. The Balaban J connectivity index is 2.60. The van der Waals surface area contributed by atoms with Gasteiger partial charge >= 0.3 is 0 Å². The maximum absolute atomic E-state index is 12.4. The summed E-state index contributed by atoms with van der Waals surface area (Å²) in [5.74, 6) is -0.232. The molecule has 5 heteroatoms. The number of alkyl halides is 1. The Labute approximate surface area is 124 Å². The fourth-order valence-electron chi connectivity index (χ4n) is 2.70. The molecule has 1 atom stereocenters. The third-order valence-electron chi connectivity index (χ3n) is 3.48. The Bertz CT molecular complexity index is 530. The van der Waals surface area contributed by atoms with Crippen molar-refractivity contribution in [3.63, 3.8) is 0 Å². The number of carbonyl (C=O) groups is 2. The fraction of sp³-hybridized carbons (Fsp3) is 0.467. The zero-order valence-electron chi connectivity index (χ0n) is 12.0. The molecule has 0 N–H and O–H groups in total. The molecule has 0 spiro atoms. The molecule has 0 aromatic heterocycles. The van der Waals surface area contributed by atoms with Gasteiger partial charge in [-0.05, 0) is 32.9 Å². The molecule has 1 heterocycles. The van der Waals surface area contributed by atoms with E-state index < -0.39 is 0 Å². The third-order valence-corrected chi connectivity index (χ3v) is 3.71. The van der Waals surface area contributed by atoms with Crippen LogP contribution in [0.5, 0.6) is 0 Å². The molecule has 1 aliphatic heterocycles. The van der Waals surface area contributed by atoms with Crippen LogP contribution in [0.4, 0.5) is 11.4 Å². The highest BCUT2D eigenvalue weighted by atomic mass is 35.5. The highest BCUT2D eigenvalue weighted by Crippen LogP contribution is 2.36. The number of amides is 2. The highest BCUT2D eigenvalue weighted by molar-refractivity contribution is 6.29. The van der Waals surface area contributed by atoms with Gasteiger partial charge in [-0.15, -0.1) is 11.6 Å². The lowest BCUT2D eigenvalue weighted by molar-refractivity contribution is -0.119. The third kappa shape index (κ3) is 2.52. The Morgan fingerprint density at radius 3 is 2.50 bits per heavy atom. The lowest BCUT2D eigenvalue weighted by atomic mass is 10.2. The summed E-state index contributed by atoms with van der Waals surface area (Å²) in [4.78, 5) is 28.0. The van der Waals surface area contributed by atoms with Crippen LogP contribution in [0.25, 0.3) is 0 Å². The molecule has 108 valence electrons. The number of hydrogen-bond acceptors (Lipinski definition) is 2. The first-order chi connectivity index (χ1) is 9.47. The van der Waals surface area contributed by atoms with E-state index in [9.17, 15) is 9.59 Å². The number of anilines is 2. The fourth-order valence-corrected chi connectivity index (χ4v) is 2.83. The van der Waals surface area contributed by atoms with Crippen molar-refractivity contribution in [2.24, 2.45) is 0 Å². The molecule has 0 unspecified atom stereocenters. The van der Waals surface area contributed by atoms with E-state index >= 15 is 0 Å². The predicted octanol–water partition coefficient (Wildman–Crippen LogP) is 2.79. The summed E-state index contributed by atoms with van der Waals surface area (Å²) >= 11 is 5.72. The van der Waals surface area contributed by atoms with Gasteiger partial charge in [0.2, 0.25) is 11.8 Å². The van der Waals surface area contributed by atoms with Crippen LogP contribution in [0.3, 0.4) is 0 Å². The molecule has 0 radical (unpaired) electrons. The van der Waals surface area contributed by atoms with E-state index in [0.29, 0.717) is 6.42 Å². The van der Waals surface area contributed by atoms with Crippen LogP contribution in [-0.2, 0) is 9.59 Å². The van der Waals surface area contributed by atoms with Crippen molar-refractivity contribution in [2.75, 3.05) is 15.7 Å². The summed E-state index contributed by atoms with van der Waals surface area (Å²) in [5, 5.41) is 0. The minimum absolute atomic E-state index is 0.0322. The van der Waals surface area contributed by atoms with Gasteiger partial charge in [0.25, 0.3) is 0 Å². The van der Waals surface area contributed by atoms with Crippen molar-refractivity contribution in [3.05, 3.63) is 24.3 Å². The van der Waals surface area contributed by atoms with Gasteiger partial charge in [-0.1, -0.05) is 12.1 Å². The first-order valence-electron chi connectivity index (χ1n) is 6.76. The number of para-hydroxylation sites is 2. The van der Waals surface area contributed by atoms with Crippen molar-refractivity contribution in [1.29, 1.82) is 0 Å². The second kappa shape index (κ2) is 5.83. The maximum Gasteiger partial charge on any atom is 0.242 e. The number of fused-ring (bicyclic) bond motifs is 1. The van der Waals surface area contributed by atoms with E-state index in [1.165, 1.54) is 0 Å². The molecule has 0 bridgehead atoms. The van der Waals surface area contributed by atoms with Crippen LogP contribution < -0.4 is 9.80 Å². The van der Waals surface area contributed by atoms with Gasteiger partial charge in [0.1, 0.15) is 5.88 Å². The molecular formula is C15H19ClN2O2. The van der Waals surface area contributed by atoms with E-state index in [-0.39, 0.29) is 29.8 Å². The average molecular weight is 295 g/mol. The smallest absolute Gasteiger partial charge is 0.242 e. The van der Waals surface area contributed by atoms with Crippen LogP contribution in [0.1, 0.15) is 27.2 Å². The summed E-state index contributed by atoms with van der Waals surface area (Å²) in [5.41, 5.74) is 1.53. The molecule has 0 fully saturated rings. The van der Waals surface area contributed by atoms with E-state index in [1.54, 1.807) is 9.80 Å². The van der Waals surface area contributed by atoms with Crippen molar-refractivity contribution in [3.8, 4) is 0 Å². The number of nitrogens with zero attached hydrogens (tertiary/aromatic N) is 2. The Morgan fingerprint density at radius 2 is 1.95 bits per heavy atom.